The minimum Gasteiger partial charge on any atom is -0.315 e. The van der Waals surface area contributed by atoms with Gasteiger partial charge >= 0.3 is 0 Å². The zero-order chi connectivity index (χ0) is 15.6. The van der Waals surface area contributed by atoms with Gasteiger partial charge in [-0.3, -0.25) is 0 Å². The number of hydrogen-bond donors (Lipinski definition) is 2. The van der Waals surface area contributed by atoms with Gasteiger partial charge in [0.1, 0.15) is 5.00 Å². The average Bonchev–Trinajstić information content (AvgIpc) is 3.15. The van der Waals surface area contributed by atoms with Crippen molar-refractivity contribution in [2.45, 2.75) is 6.92 Å². The van der Waals surface area contributed by atoms with E-state index in [0.29, 0.717) is 0 Å². The zero-order valence-corrected chi connectivity index (χ0v) is 14.1. The maximum atomic E-state index is 5.57. The SMILES string of the molecule is Cc1cc2ccc3cc4c(ccc5cc(NN)sc54)cc3c2s1. The lowest BCUT2D eigenvalue weighted by Gasteiger charge is -2.05. The highest BCUT2D eigenvalue weighted by molar-refractivity contribution is 7.23. The van der Waals surface area contributed by atoms with Crippen LogP contribution in [0.3, 0.4) is 0 Å². The second-order valence-corrected chi connectivity index (χ2v) is 8.18. The van der Waals surface area contributed by atoms with E-state index in [1.165, 1.54) is 46.6 Å². The van der Waals surface area contributed by atoms with E-state index in [1.54, 1.807) is 11.3 Å². The third-order valence-corrected chi connectivity index (χ3v) is 6.60. The molecule has 2 heterocycles. The van der Waals surface area contributed by atoms with Crippen LogP contribution in [0.15, 0.2) is 48.5 Å². The lowest BCUT2D eigenvalue weighted by atomic mass is 10.0. The summed E-state index contributed by atoms with van der Waals surface area (Å²) in [5.41, 5.74) is 2.77. The highest BCUT2D eigenvalue weighted by Crippen LogP contribution is 2.39. The predicted octanol–water partition coefficient (Wildman–Crippen LogP) is 6.02. The van der Waals surface area contributed by atoms with Crippen LogP contribution in [0.2, 0.25) is 0 Å². The smallest absolute Gasteiger partial charge is 0.104 e. The Labute approximate surface area is 141 Å². The van der Waals surface area contributed by atoms with Gasteiger partial charge in [0, 0.05) is 25.0 Å². The van der Waals surface area contributed by atoms with Crippen LogP contribution in [0.25, 0.3) is 41.7 Å². The molecule has 0 spiro atoms. The molecule has 3 aromatic carbocycles. The third-order valence-electron chi connectivity index (χ3n) is 4.38. The highest BCUT2D eigenvalue weighted by Gasteiger charge is 2.09. The molecule has 3 N–H and O–H groups in total. The minimum absolute atomic E-state index is 0.997. The molecule has 5 rings (SSSR count). The minimum atomic E-state index is 0.997. The molecule has 112 valence electrons. The number of fused-ring (bicyclic) bond motifs is 6. The average molecular weight is 334 g/mol. The Bertz CT molecular complexity index is 1210. The molecule has 0 saturated heterocycles. The molecule has 2 nitrogen and oxygen atoms in total. The van der Waals surface area contributed by atoms with Crippen molar-refractivity contribution in [1.29, 1.82) is 0 Å². The van der Waals surface area contributed by atoms with Gasteiger partial charge < -0.3 is 5.43 Å². The Balaban J connectivity index is 1.95. The predicted molar refractivity (Wildman–Crippen MR) is 105 cm³/mol. The molecular weight excluding hydrogens is 320 g/mol. The molecule has 4 heteroatoms. The summed E-state index contributed by atoms with van der Waals surface area (Å²) in [6.45, 7) is 2.17. The quantitative estimate of drug-likeness (QED) is 0.223. The van der Waals surface area contributed by atoms with Gasteiger partial charge in [-0.15, -0.1) is 22.7 Å². The number of nitrogens with one attached hydrogen (secondary N) is 1. The van der Waals surface area contributed by atoms with Crippen molar-refractivity contribution in [3.63, 3.8) is 0 Å². The number of nitrogens with two attached hydrogens (primary N) is 1. The molecule has 0 atom stereocenters. The van der Waals surface area contributed by atoms with Crippen molar-refractivity contribution in [3.8, 4) is 0 Å². The molecule has 2 aromatic heterocycles. The Morgan fingerprint density at radius 3 is 1.96 bits per heavy atom. The summed E-state index contributed by atoms with van der Waals surface area (Å²) in [6.07, 6.45) is 0. The number of anilines is 1. The van der Waals surface area contributed by atoms with Gasteiger partial charge in [0.05, 0.1) is 0 Å². The van der Waals surface area contributed by atoms with Crippen molar-refractivity contribution in [3.05, 3.63) is 53.4 Å². The Morgan fingerprint density at radius 2 is 1.30 bits per heavy atom. The van der Waals surface area contributed by atoms with Gasteiger partial charge in [-0.25, -0.2) is 5.84 Å². The number of hydrazine groups is 1. The summed E-state index contributed by atoms with van der Waals surface area (Å²) in [4.78, 5) is 1.36. The fourth-order valence-electron chi connectivity index (χ4n) is 3.34. The summed E-state index contributed by atoms with van der Waals surface area (Å²) in [5.74, 6) is 5.57. The summed E-state index contributed by atoms with van der Waals surface area (Å²) in [5, 5.41) is 8.81. The number of rotatable bonds is 1. The maximum Gasteiger partial charge on any atom is 0.104 e. The van der Waals surface area contributed by atoms with Crippen LogP contribution in [0.5, 0.6) is 0 Å². The first-order valence-corrected chi connectivity index (χ1v) is 9.12. The highest BCUT2D eigenvalue weighted by atomic mass is 32.1. The molecular formula is C19H14N2S2. The normalized spacial score (nSPS) is 11.9. The van der Waals surface area contributed by atoms with Crippen molar-refractivity contribution in [1.82, 2.24) is 0 Å². The number of hydrogen-bond acceptors (Lipinski definition) is 4. The van der Waals surface area contributed by atoms with Gasteiger partial charge in [-0.1, -0.05) is 24.3 Å². The first-order chi connectivity index (χ1) is 11.2. The van der Waals surface area contributed by atoms with Crippen LogP contribution >= 0.6 is 22.7 Å². The van der Waals surface area contributed by atoms with Crippen LogP contribution in [0, 0.1) is 6.92 Å². The van der Waals surface area contributed by atoms with Crippen molar-refractivity contribution >= 4 is 69.4 Å². The number of thiophene rings is 2. The van der Waals surface area contributed by atoms with Crippen LogP contribution in [0.1, 0.15) is 4.88 Å². The van der Waals surface area contributed by atoms with Crippen LogP contribution < -0.4 is 11.3 Å². The third kappa shape index (κ3) is 1.89. The molecule has 0 unspecified atom stereocenters. The van der Waals surface area contributed by atoms with E-state index < -0.39 is 0 Å². The first kappa shape index (κ1) is 13.3. The van der Waals surface area contributed by atoms with E-state index >= 15 is 0 Å². The largest absolute Gasteiger partial charge is 0.315 e. The van der Waals surface area contributed by atoms with Crippen LogP contribution in [-0.4, -0.2) is 0 Å². The Kier molecular flexibility index (Phi) is 2.71. The van der Waals surface area contributed by atoms with Crippen molar-refractivity contribution in [2.75, 3.05) is 5.43 Å². The van der Waals surface area contributed by atoms with Crippen molar-refractivity contribution < 1.29 is 0 Å². The maximum absolute atomic E-state index is 5.57. The lowest BCUT2D eigenvalue weighted by molar-refractivity contribution is 1.39. The molecule has 0 saturated carbocycles. The number of benzene rings is 3. The van der Waals surface area contributed by atoms with Gasteiger partial charge in [-0.2, -0.15) is 0 Å². The fourth-order valence-corrected chi connectivity index (χ4v) is 5.38. The fraction of sp³-hybridized carbons (Fsp3) is 0.0526. The molecule has 5 aromatic rings. The standard InChI is InChI=1S/C19H14N2S2/c1-10-6-13-4-2-11-8-16-12(7-15(11)18(13)22-10)3-5-14-9-17(21-20)23-19(14)16/h2-9,21H,20H2,1H3. The molecule has 0 aliphatic rings. The molecule has 0 aliphatic heterocycles. The van der Waals surface area contributed by atoms with E-state index in [9.17, 15) is 0 Å². The molecule has 0 aliphatic carbocycles. The van der Waals surface area contributed by atoms with Gasteiger partial charge in [0.2, 0.25) is 0 Å². The van der Waals surface area contributed by atoms with E-state index in [-0.39, 0.29) is 0 Å². The van der Waals surface area contributed by atoms with E-state index in [2.05, 4.69) is 60.9 Å². The molecule has 0 radical (unpaired) electrons. The first-order valence-electron chi connectivity index (χ1n) is 7.49. The van der Waals surface area contributed by atoms with Gasteiger partial charge in [-0.05, 0) is 52.7 Å². The molecule has 23 heavy (non-hydrogen) atoms. The second-order valence-electron chi connectivity index (χ2n) is 5.87. The van der Waals surface area contributed by atoms with Gasteiger partial charge in [0.15, 0.2) is 0 Å². The monoisotopic (exact) mass is 334 g/mol. The summed E-state index contributed by atoms with van der Waals surface area (Å²) in [7, 11) is 0. The van der Waals surface area contributed by atoms with Crippen LogP contribution in [0.4, 0.5) is 5.00 Å². The van der Waals surface area contributed by atoms with Crippen molar-refractivity contribution in [2.24, 2.45) is 5.84 Å². The van der Waals surface area contributed by atoms with E-state index in [4.69, 9.17) is 5.84 Å². The second kappa shape index (κ2) is 4.68. The number of nitrogen functional groups attached to an aromatic ring is 1. The zero-order valence-electron chi connectivity index (χ0n) is 12.5. The summed E-state index contributed by atoms with van der Waals surface area (Å²) in [6, 6.07) is 17.9. The van der Waals surface area contributed by atoms with E-state index in [1.807, 2.05) is 11.3 Å². The molecule has 0 fully saturated rings. The summed E-state index contributed by atoms with van der Waals surface area (Å²) < 4.78 is 2.68. The Hall–Kier alpha value is -2.14. The van der Waals surface area contributed by atoms with E-state index in [0.717, 1.165) is 5.00 Å². The topological polar surface area (TPSA) is 38.0 Å². The van der Waals surface area contributed by atoms with Gasteiger partial charge in [0.25, 0.3) is 0 Å². The Morgan fingerprint density at radius 1 is 0.739 bits per heavy atom. The molecule has 0 bridgehead atoms. The summed E-state index contributed by atoms with van der Waals surface area (Å²) >= 11 is 3.59. The van der Waals surface area contributed by atoms with Crippen LogP contribution in [-0.2, 0) is 0 Å². The lowest BCUT2D eigenvalue weighted by Crippen LogP contribution is -2.03. The number of aryl methyl sites for hydroxylation is 1. The molecule has 0 amide bonds.